The summed E-state index contributed by atoms with van der Waals surface area (Å²) in [5.74, 6) is 0.296. The van der Waals surface area contributed by atoms with Crippen molar-refractivity contribution < 1.29 is 17.9 Å². The fourth-order valence-electron chi connectivity index (χ4n) is 2.66. The van der Waals surface area contributed by atoms with E-state index in [4.69, 9.17) is 4.74 Å². The number of anilines is 1. The maximum Gasteiger partial charge on any atom is 0.271 e. The van der Waals surface area contributed by atoms with Gasteiger partial charge in [0.25, 0.3) is 15.9 Å². The molecule has 0 radical (unpaired) electrons. The maximum absolute atomic E-state index is 12.5. The largest absolute Gasteiger partial charge is 0.490 e. The van der Waals surface area contributed by atoms with E-state index in [1.165, 1.54) is 30.5 Å². The molecule has 7 nitrogen and oxygen atoms in total. The third-order valence-corrected chi connectivity index (χ3v) is 5.76. The minimum absolute atomic E-state index is 0.166. The Kier molecular flexibility index (Phi) is 7.41. The molecule has 0 unspecified atom stereocenters. The van der Waals surface area contributed by atoms with Crippen LogP contribution in [-0.4, -0.2) is 27.1 Å². The second-order valence-electron chi connectivity index (χ2n) is 6.86. The van der Waals surface area contributed by atoms with Crippen LogP contribution in [0.25, 0.3) is 0 Å². The zero-order valence-electron chi connectivity index (χ0n) is 17.5. The van der Waals surface area contributed by atoms with Crippen molar-refractivity contribution in [2.24, 2.45) is 5.10 Å². The van der Waals surface area contributed by atoms with Crippen LogP contribution in [0, 0.1) is 6.92 Å². The number of amides is 1. The first-order valence-electron chi connectivity index (χ1n) is 9.74. The number of carbonyl (C=O) groups is 1. The number of hydrazone groups is 1. The Balaban J connectivity index is 1.57. The fraction of sp³-hybridized carbons (Fsp3) is 0.0833. The quantitative estimate of drug-likeness (QED) is 0.292. The molecule has 0 aromatic heterocycles. The lowest BCUT2D eigenvalue weighted by molar-refractivity contribution is 0.0955. The Morgan fingerprint density at radius 1 is 1.00 bits per heavy atom. The smallest absolute Gasteiger partial charge is 0.271 e. The molecule has 0 aliphatic rings. The topological polar surface area (TPSA) is 96.9 Å². The molecular weight excluding hydrogens is 426 g/mol. The van der Waals surface area contributed by atoms with E-state index >= 15 is 0 Å². The van der Waals surface area contributed by atoms with Gasteiger partial charge in [-0.25, -0.2) is 13.8 Å². The molecule has 32 heavy (non-hydrogen) atoms. The van der Waals surface area contributed by atoms with Crippen molar-refractivity contribution in [1.29, 1.82) is 0 Å². The molecule has 3 aromatic carbocycles. The summed E-state index contributed by atoms with van der Waals surface area (Å²) in [6, 6.07) is 19.8. The number of ether oxygens (including phenoxy) is 1. The van der Waals surface area contributed by atoms with Gasteiger partial charge >= 0.3 is 0 Å². The zero-order chi connectivity index (χ0) is 23.0. The van der Waals surface area contributed by atoms with Crippen LogP contribution in [0.4, 0.5) is 5.69 Å². The fourth-order valence-corrected chi connectivity index (χ4v) is 3.72. The second kappa shape index (κ2) is 10.4. The van der Waals surface area contributed by atoms with Crippen LogP contribution in [0.3, 0.4) is 0 Å². The standard InChI is InChI=1S/C24H23N3O4S/c1-3-16-31-22-12-6-19(7-13-22)17-25-26-24(28)20-8-10-21(11-9-20)27-32(29,30)23-14-4-18(2)5-15-23/h3-15,17,27H,1,16H2,2H3,(H,26,28)/b25-17+. The van der Waals surface area contributed by atoms with Crippen LogP contribution in [-0.2, 0) is 10.0 Å². The van der Waals surface area contributed by atoms with Gasteiger partial charge in [0.2, 0.25) is 0 Å². The third-order valence-electron chi connectivity index (χ3n) is 4.36. The van der Waals surface area contributed by atoms with Crippen molar-refractivity contribution in [3.8, 4) is 5.75 Å². The van der Waals surface area contributed by atoms with E-state index in [-0.39, 0.29) is 4.90 Å². The van der Waals surface area contributed by atoms with Gasteiger partial charge in [-0.1, -0.05) is 30.4 Å². The van der Waals surface area contributed by atoms with Gasteiger partial charge in [-0.3, -0.25) is 9.52 Å². The Morgan fingerprint density at radius 3 is 2.28 bits per heavy atom. The van der Waals surface area contributed by atoms with Crippen molar-refractivity contribution >= 4 is 27.8 Å². The average Bonchev–Trinajstić information content (AvgIpc) is 2.79. The van der Waals surface area contributed by atoms with E-state index in [1.807, 2.05) is 19.1 Å². The summed E-state index contributed by atoms with van der Waals surface area (Å²) in [7, 11) is -3.70. The second-order valence-corrected chi connectivity index (χ2v) is 8.55. The summed E-state index contributed by atoms with van der Waals surface area (Å²) in [6.07, 6.45) is 3.18. The number of benzene rings is 3. The molecule has 164 valence electrons. The lowest BCUT2D eigenvalue weighted by Crippen LogP contribution is -2.18. The van der Waals surface area contributed by atoms with Gasteiger partial charge in [0.1, 0.15) is 12.4 Å². The number of nitrogens with zero attached hydrogens (tertiary/aromatic N) is 1. The zero-order valence-corrected chi connectivity index (χ0v) is 18.3. The number of sulfonamides is 1. The summed E-state index contributed by atoms with van der Waals surface area (Å²) in [6.45, 7) is 5.90. The molecule has 0 saturated carbocycles. The van der Waals surface area contributed by atoms with Crippen molar-refractivity contribution in [2.75, 3.05) is 11.3 Å². The number of hydrogen-bond donors (Lipinski definition) is 2. The normalized spacial score (nSPS) is 11.2. The van der Waals surface area contributed by atoms with Crippen LogP contribution in [0.1, 0.15) is 21.5 Å². The van der Waals surface area contributed by atoms with Crippen molar-refractivity contribution in [1.82, 2.24) is 5.43 Å². The molecule has 3 aromatic rings. The molecule has 0 atom stereocenters. The molecule has 8 heteroatoms. The van der Waals surface area contributed by atoms with E-state index in [0.29, 0.717) is 23.6 Å². The Hall–Kier alpha value is -3.91. The maximum atomic E-state index is 12.5. The lowest BCUT2D eigenvalue weighted by Gasteiger charge is -2.09. The number of carbonyl (C=O) groups excluding carboxylic acids is 1. The Bertz CT molecular complexity index is 1200. The highest BCUT2D eigenvalue weighted by Crippen LogP contribution is 2.17. The summed E-state index contributed by atoms with van der Waals surface area (Å²) < 4.78 is 32.8. The van der Waals surface area contributed by atoms with Gasteiger partial charge in [-0.05, 0) is 73.2 Å². The third kappa shape index (κ3) is 6.29. The lowest BCUT2D eigenvalue weighted by atomic mass is 10.2. The summed E-state index contributed by atoms with van der Waals surface area (Å²) in [5, 5.41) is 3.95. The summed E-state index contributed by atoms with van der Waals surface area (Å²) in [5.41, 5.74) is 4.89. The Labute approximate surface area is 187 Å². The number of aryl methyl sites for hydroxylation is 1. The van der Waals surface area contributed by atoms with Gasteiger partial charge in [-0.15, -0.1) is 0 Å². The Morgan fingerprint density at radius 2 is 1.66 bits per heavy atom. The van der Waals surface area contributed by atoms with Crippen LogP contribution < -0.4 is 14.9 Å². The molecule has 2 N–H and O–H groups in total. The van der Waals surface area contributed by atoms with E-state index < -0.39 is 15.9 Å². The van der Waals surface area contributed by atoms with E-state index in [2.05, 4.69) is 21.8 Å². The van der Waals surface area contributed by atoms with Crippen LogP contribution in [0.15, 0.2) is 95.4 Å². The van der Waals surface area contributed by atoms with Crippen molar-refractivity contribution in [2.45, 2.75) is 11.8 Å². The van der Waals surface area contributed by atoms with Gasteiger partial charge in [0.15, 0.2) is 0 Å². The molecule has 0 fully saturated rings. The highest BCUT2D eigenvalue weighted by molar-refractivity contribution is 7.92. The average molecular weight is 450 g/mol. The predicted molar refractivity (Wildman–Crippen MR) is 126 cm³/mol. The van der Waals surface area contributed by atoms with Gasteiger partial charge in [0, 0.05) is 11.3 Å². The predicted octanol–water partition coefficient (Wildman–Crippen LogP) is 4.12. The van der Waals surface area contributed by atoms with Gasteiger partial charge in [-0.2, -0.15) is 5.10 Å². The highest BCUT2D eigenvalue weighted by atomic mass is 32.2. The first-order valence-corrected chi connectivity index (χ1v) is 11.2. The molecule has 0 aliphatic carbocycles. The van der Waals surface area contributed by atoms with Crippen molar-refractivity contribution in [3.63, 3.8) is 0 Å². The molecule has 0 saturated heterocycles. The van der Waals surface area contributed by atoms with Gasteiger partial charge < -0.3 is 4.74 Å². The van der Waals surface area contributed by atoms with E-state index in [0.717, 1.165) is 11.1 Å². The van der Waals surface area contributed by atoms with E-state index in [9.17, 15) is 13.2 Å². The van der Waals surface area contributed by atoms with Crippen molar-refractivity contribution in [3.05, 3.63) is 102 Å². The molecule has 0 heterocycles. The number of hydrogen-bond acceptors (Lipinski definition) is 5. The first kappa shape index (κ1) is 22.8. The molecule has 1 amide bonds. The first-order chi connectivity index (χ1) is 15.4. The minimum Gasteiger partial charge on any atom is -0.490 e. The number of nitrogens with one attached hydrogen (secondary N) is 2. The molecule has 3 rings (SSSR count). The number of rotatable bonds is 9. The molecule has 0 aliphatic heterocycles. The highest BCUT2D eigenvalue weighted by Gasteiger charge is 2.14. The van der Waals surface area contributed by atoms with E-state index in [1.54, 1.807) is 42.5 Å². The summed E-state index contributed by atoms with van der Waals surface area (Å²) in [4.78, 5) is 12.4. The molecule has 0 bridgehead atoms. The molecule has 0 spiro atoms. The monoisotopic (exact) mass is 449 g/mol. The SMILES string of the molecule is C=CCOc1ccc(/C=N/NC(=O)c2ccc(NS(=O)(=O)c3ccc(C)cc3)cc2)cc1. The van der Waals surface area contributed by atoms with Gasteiger partial charge in [0.05, 0.1) is 11.1 Å². The van der Waals surface area contributed by atoms with Crippen LogP contribution in [0.5, 0.6) is 5.75 Å². The molecular formula is C24H23N3O4S. The minimum atomic E-state index is -3.70. The van der Waals surface area contributed by atoms with Crippen LogP contribution >= 0.6 is 0 Å². The summed E-state index contributed by atoms with van der Waals surface area (Å²) >= 11 is 0. The van der Waals surface area contributed by atoms with Crippen LogP contribution in [0.2, 0.25) is 0 Å².